The Bertz CT molecular complexity index is 414. The van der Waals surface area contributed by atoms with Crippen LogP contribution in [0, 0.1) is 0 Å². The lowest BCUT2D eigenvalue weighted by molar-refractivity contribution is -0.474. The number of hydrogen-bond acceptors (Lipinski definition) is 5. The molecule has 0 radical (unpaired) electrons. The zero-order chi connectivity index (χ0) is 10.7. The first-order valence-corrected chi connectivity index (χ1v) is 4.41. The highest BCUT2D eigenvalue weighted by Gasteiger charge is 2.34. The van der Waals surface area contributed by atoms with Gasteiger partial charge in [-0.25, -0.2) is 14.8 Å². The molecule has 0 aliphatic carbocycles. The van der Waals surface area contributed by atoms with Crippen LogP contribution in [0.25, 0.3) is 6.08 Å². The third-order valence-corrected chi connectivity index (χ3v) is 1.96. The van der Waals surface area contributed by atoms with E-state index in [0.717, 1.165) is 10.6 Å². The van der Waals surface area contributed by atoms with Crippen LogP contribution >= 0.6 is 0 Å². The second-order valence-corrected chi connectivity index (χ2v) is 2.95. The summed E-state index contributed by atoms with van der Waals surface area (Å²) in [6.45, 7) is 0. The van der Waals surface area contributed by atoms with Gasteiger partial charge in [0.25, 0.3) is 0 Å². The van der Waals surface area contributed by atoms with Crippen LogP contribution in [0.1, 0.15) is 0 Å². The highest BCUT2D eigenvalue weighted by molar-refractivity contribution is 5.35. The van der Waals surface area contributed by atoms with E-state index in [4.69, 9.17) is 9.78 Å². The smallest absolute Gasteiger partial charge is 0.235 e. The van der Waals surface area contributed by atoms with Crippen molar-refractivity contribution in [3.05, 3.63) is 34.8 Å². The van der Waals surface area contributed by atoms with Gasteiger partial charge in [-0.05, 0) is 6.07 Å². The number of rotatable bonds is 4. The summed E-state index contributed by atoms with van der Waals surface area (Å²) in [6, 6.07) is 7.54. The lowest BCUT2D eigenvalue weighted by Crippen LogP contribution is -2.29. The van der Waals surface area contributed by atoms with E-state index in [1.807, 2.05) is 24.3 Å². The highest BCUT2D eigenvalue weighted by Crippen LogP contribution is 2.18. The normalized spacial score (nSPS) is 16.7. The summed E-state index contributed by atoms with van der Waals surface area (Å²) < 4.78 is 0. The maximum Gasteiger partial charge on any atom is 0.348 e. The molecule has 0 atom stereocenters. The first-order valence-electron chi connectivity index (χ1n) is 4.41. The van der Waals surface area contributed by atoms with Crippen molar-refractivity contribution in [2.24, 2.45) is 4.99 Å². The molecule has 0 N–H and O–H groups in total. The van der Waals surface area contributed by atoms with Crippen molar-refractivity contribution in [3.8, 4) is 0 Å². The Morgan fingerprint density at radius 1 is 1.07 bits per heavy atom. The molecule has 0 amide bonds. The number of fused-ring (bicyclic) bond motifs is 1. The van der Waals surface area contributed by atoms with Crippen LogP contribution in [0.2, 0.25) is 0 Å². The number of benzene rings is 1. The van der Waals surface area contributed by atoms with Crippen LogP contribution in [-0.4, -0.2) is 20.1 Å². The second-order valence-electron chi connectivity index (χ2n) is 2.95. The third kappa shape index (κ3) is 1.91. The molecule has 0 spiro atoms. The minimum atomic E-state index is -1.34. The van der Waals surface area contributed by atoms with Crippen LogP contribution in [0.15, 0.2) is 29.3 Å². The zero-order valence-electron chi connectivity index (χ0n) is 8.47. The number of nitrogens with zero attached hydrogens (tertiary/aromatic N) is 1. The van der Waals surface area contributed by atoms with Gasteiger partial charge >= 0.3 is 5.91 Å². The Morgan fingerprint density at radius 2 is 1.73 bits per heavy atom. The molecule has 15 heavy (non-hydrogen) atoms. The van der Waals surface area contributed by atoms with Crippen molar-refractivity contribution >= 4 is 6.08 Å². The van der Waals surface area contributed by atoms with Gasteiger partial charge in [0, 0.05) is 11.3 Å². The monoisotopic (exact) mass is 209 g/mol. The number of para-hydroxylation sites is 1. The van der Waals surface area contributed by atoms with Crippen molar-refractivity contribution in [1.82, 2.24) is 0 Å². The van der Waals surface area contributed by atoms with Crippen LogP contribution in [-0.2, 0) is 19.6 Å². The summed E-state index contributed by atoms with van der Waals surface area (Å²) in [6.07, 6.45) is 1.68. The van der Waals surface area contributed by atoms with Gasteiger partial charge < -0.3 is 0 Å². The molecule has 1 aliphatic heterocycles. The summed E-state index contributed by atoms with van der Waals surface area (Å²) in [5, 5.41) is 1.68. The van der Waals surface area contributed by atoms with Crippen LogP contribution < -0.4 is 10.6 Å². The van der Waals surface area contributed by atoms with Gasteiger partial charge in [0.15, 0.2) is 0 Å². The van der Waals surface area contributed by atoms with Crippen LogP contribution in [0.5, 0.6) is 0 Å². The molecule has 0 fully saturated rings. The van der Waals surface area contributed by atoms with Gasteiger partial charge in [0.05, 0.1) is 19.6 Å². The van der Waals surface area contributed by atoms with Crippen LogP contribution in [0.4, 0.5) is 0 Å². The van der Waals surface area contributed by atoms with Crippen molar-refractivity contribution in [2.45, 2.75) is 5.91 Å². The summed E-state index contributed by atoms with van der Waals surface area (Å²) in [7, 11) is 2.76. The van der Waals surface area contributed by atoms with Gasteiger partial charge in [0.2, 0.25) is 0 Å². The van der Waals surface area contributed by atoms with E-state index < -0.39 is 5.91 Å². The maximum absolute atomic E-state index is 4.94. The lowest BCUT2D eigenvalue weighted by Gasteiger charge is -2.19. The van der Waals surface area contributed by atoms with E-state index in [1.165, 1.54) is 14.2 Å². The predicted molar refractivity (Wildman–Crippen MR) is 50.6 cm³/mol. The molecule has 0 bridgehead atoms. The Hall–Kier alpha value is -1.27. The Balaban J connectivity index is 2.44. The van der Waals surface area contributed by atoms with Gasteiger partial charge in [-0.2, -0.15) is 9.78 Å². The zero-order valence-corrected chi connectivity index (χ0v) is 8.47. The largest absolute Gasteiger partial charge is 0.348 e. The van der Waals surface area contributed by atoms with E-state index in [2.05, 4.69) is 14.8 Å². The molecule has 5 heteroatoms. The molecule has 2 rings (SSSR count). The Morgan fingerprint density at radius 3 is 2.33 bits per heavy atom. The van der Waals surface area contributed by atoms with E-state index in [0.29, 0.717) is 0 Å². The first kappa shape index (κ1) is 10.3. The van der Waals surface area contributed by atoms with Crippen LogP contribution in [0.3, 0.4) is 0 Å². The second kappa shape index (κ2) is 4.08. The van der Waals surface area contributed by atoms with E-state index >= 15 is 0 Å². The third-order valence-electron chi connectivity index (χ3n) is 1.96. The average molecular weight is 209 g/mol. The van der Waals surface area contributed by atoms with E-state index in [9.17, 15) is 0 Å². The van der Waals surface area contributed by atoms with Gasteiger partial charge in [-0.1, -0.05) is 18.2 Å². The van der Waals surface area contributed by atoms with Gasteiger partial charge in [-0.3, -0.25) is 0 Å². The topological polar surface area (TPSA) is 49.3 Å². The first-order chi connectivity index (χ1) is 7.29. The fourth-order valence-electron chi connectivity index (χ4n) is 1.45. The van der Waals surface area contributed by atoms with Crippen molar-refractivity contribution < 1.29 is 19.6 Å². The van der Waals surface area contributed by atoms with E-state index in [-0.39, 0.29) is 0 Å². The molecule has 1 aromatic carbocycles. The Labute approximate surface area is 86.4 Å². The summed E-state index contributed by atoms with van der Waals surface area (Å²) in [5.74, 6) is -1.34. The lowest BCUT2D eigenvalue weighted by atomic mass is 10.3. The highest BCUT2D eigenvalue weighted by atomic mass is 17.3. The van der Waals surface area contributed by atoms with Crippen molar-refractivity contribution in [2.75, 3.05) is 14.2 Å². The SMILES string of the molecule is COOC1(OOC)C=c2ccccc2=N1. The van der Waals surface area contributed by atoms with Crippen molar-refractivity contribution in [3.63, 3.8) is 0 Å². The fraction of sp³-hybridized carbons (Fsp3) is 0.300. The molecule has 80 valence electrons. The molecule has 1 aromatic rings. The van der Waals surface area contributed by atoms with Crippen molar-refractivity contribution in [1.29, 1.82) is 0 Å². The summed E-state index contributed by atoms with van der Waals surface area (Å²) in [5.41, 5.74) is 0. The average Bonchev–Trinajstić information content (AvgIpc) is 2.56. The standard InChI is InChI=1S/C10H11NO4/c1-12-14-10(15-13-2)7-8-5-3-4-6-9(8)11-10/h3-7H,1-2H3. The Kier molecular flexibility index (Phi) is 2.79. The maximum atomic E-state index is 4.94. The molecule has 0 unspecified atom stereocenters. The minimum Gasteiger partial charge on any atom is -0.235 e. The summed E-state index contributed by atoms with van der Waals surface area (Å²) >= 11 is 0. The molecule has 0 aromatic heterocycles. The molecular weight excluding hydrogens is 198 g/mol. The molecular formula is C10H11NO4. The molecule has 0 saturated heterocycles. The van der Waals surface area contributed by atoms with Gasteiger partial charge in [-0.15, -0.1) is 0 Å². The molecule has 1 aliphatic rings. The molecule has 1 heterocycles. The number of hydrogen-bond donors (Lipinski definition) is 0. The quantitative estimate of drug-likeness (QED) is 0.395. The van der Waals surface area contributed by atoms with E-state index in [1.54, 1.807) is 6.08 Å². The molecule has 0 saturated carbocycles. The minimum absolute atomic E-state index is 0.770. The summed E-state index contributed by atoms with van der Waals surface area (Å²) in [4.78, 5) is 23.3. The fourth-order valence-corrected chi connectivity index (χ4v) is 1.45. The molecule has 5 nitrogen and oxygen atoms in total. The predicted octanol–water partition coefficient (Wildman–Crippen LogP) is -0.0899. The van der Waals surface area contributed by atoms with Gasteiger partial charge in [0.1, 0.15) is 0 Å².